The second-order valence-electron chi connectivity index (χ2n) is 7.74. The largest absolute Gasteiger partial charge is 0.479 e. The molecule has 1 aliphatic rings. The van der Waals surface area contributed by atoms with Gasteiger partial charge in [0.05, 0.1) is 5.75 Å². The number of carboxylic acid groups (broad SMARTS) is 1. The monoisotopic (exact) mass is 476 g/mol. The number of hydrogen-bond donors (Lipinski definition) is 4. The summed E-state index contributed by atoms with van der Waals surface area (Å²) in [6.07, 6.45) is -1.02. The van der Waals surface area contributed by atoms with Gasteiger partial charge in [-0.2, -0.15) is 8.42 Å². The number of aliphatic carboxylic acids is 1. The van der Waals surface area contributed by atoms with E-state index in [0.717, 1.165) is 22.3 Å². The molecule has 33 heavy (non-hydrogen) atoms. The van der Waals surface area contributed by atoms with Gasteiger partial charge in [-0.3, -0.25) is 9.35 Å². The molecule has 0 unspecified atom stereocenters. The molecule has 2 aromatic carbocycles. The highest BCUT2D eigenvalue weighted by Crippen LogP contribution is 2.44. The van der Waals surface area contributed by atoms with Gasteiger partial charge in [-0.25, -0.2) is 9.59 Å². The van der Waals surface area contributed by atoms with Crippen LogP contribution in [0.25, 0.3) is 11.1 Å². The van der Waals surface area contributed by atoms with Gasteiger partial charge >= 0.3 is 11.9 Å². The zero-order valence-corrected chi connectivity index (χ0v) is 18.4. The van der Waals surface area contributed by atoms with Gasteiger partial charge in [0.2, 0.25) is 11.4 Å². The van der Waals surface area contributed by atoms with E-state index in [1.54, 1.807) is 0 Å². The van der Waals surface area contributed by atoms with Crippen molar-refractivity contribution in [2.75, 3.05) is 18.9 Å². The molecule has 1 aliphatic carbocycles. The molecule has 0 spiro atoms. The van der Waals surface area contributed by atoms with Crippen LogP contribution in [-0.2, 0) is 29.2 Å². The van der Waals surface area contributed by atoms with Crippen molar-refractivity contribution < 1.29 is 37.2 Å². The van der Waals surface area contributed by atoms with Gasteiger partial charge in [0, 0.05) is 18.9 Å². The molecule has 0 aliphatic heterocycles. The Morgan fingerprint density at radius 3 is 2.09 bits per heavy atom. The minimum absolute atomic E-state index is 0.125. The molecule has 5 N–H and O–H groups in total. The van der Waals surface area contributed by atoms with Crippen LogP contribution in [0.2, 0.25) is 0 Å². The highest BCUT2D eigenvalue weighted by molar-refractivity contribution is 7.85. The third kappa shape index (κ3) is 5.56. The molecule has 2 aromatic rings. The van der Waals surface area contributed by atoms with Crippen LogP contribution in [0.1, 0.15) is 29.9 Å². The van der Waals surface area contributed by atoms with Gasteiger partial charge in [-0.1, -0.05) is 48.5 Å². The second kappa shape index (κ2) is 9.69. The summed E-state index contributed by atoms with van der Waals surface area (Å²) in [6.45, 7) is -0.493. The Morgan fingerprint density at radius 2 is 1.58 bits per heavy atom. The number of carbonyl (C=O) groups excluding carboxylic acids is 2. The van der Waals surface area contributed by atoms with Crippen LogP contribution in [0.3, 0.4) is 0 Å². The van der Waals surface area contributed by atoms with Gasteiger partial charge in [0.25, 0.3) is 10.1 Å². The first-order valence-corrected chi connectivity index (χ1v) is 11.7. The first-order valence-electron chi connectivity index (χ1n) is 10.1. The van der Waals surface area contributed by atoms with E-state index in [4.69, 9.17) is 15.0 Å². The molecule has 0 saturated heterocycles. The van der Waals surface area contributed by atoms with E-state index in [1.165, 1.54) is 0 Å². The summed E-state index contributed by atoms with van der Waals surface area (Å²) in [5.74, 6) is -4.53. The van der Waals surface area contributed by atoms with Crippen LogP contribution in [-0.4, -0.2) is 60.4 Å². The lowest BCUT2D eigenvalue weighted by atomic mass is 9.94. The van der Waals surface area contributed by atoms with Gasteiger partial charge in [0.15, 0.2) is 0 Å². The average Bonchev–Trinajstić information content (AvgIpc) is 3.08. The normalized spacial score (nSPS) is 14.6. The van der Waals surface area contributed by atoms with E-state index in [9.17, 15) is 27.9 Å². The summed E-state index contributed by atoms with van der Waals surface area (Å²) < 4.78 is 35.4. The summed E-state index contributed by atoms with van der Waals surface area (Å²) in [5, 5.41) is 11.7. The molecule has 0 radical (unpaired) electrons. The van der Waals surface area contributed by atoms with Crippen molar-refractivity contribution in [1.82, 2.24) is 5.32 Å². The summed E-state index contributed by atoms with van der Waals surface area (Å²) in [6, 6.07) is 15.3. The number of carbonyl (C=O) groups is 3. The maximum absolute atomic E-state index is 12.7. The van der Waals surface area contributed by atoms with Crippen LogP contribution in [0.4, 0.5) is 0 Å². The third-order valence-corrected chi connectivity index (χ3v) is 6.24. The Morgan fingerprint density at radius 1 is 1.03 bits per heavy atom. The standard InChI is InChI=1S/C22H24N2O8S/c23-22(20(26)27,10-9-19(25)24-11-12-33(29,30)31)21(28)32-13-18-16-7-3-1-5-14(16)15-6-2-4-8-17(15)18/h1-8,18H,9-13,23H2,(H,24,25)(H,26,27)(H,29,30,31)/t22-/m0/s1. The molecule has 3 rings (SSSR count). The average molecular weight is 477 g/mol. The number of fused-ring (bicyclic) bond motifs is 3. The Labute approximate surface area is 190 Å². The van der Waals surface area contributed by atoms with Gasteiger partial charge in [-0.05, 0) is 28.7 Å². The second-order valence-corrected chi connectivity index (χ2v) is 9.31. The number of hydrogen-bond acceptors (Lipinski definition) is 7. The van der Waals surface area contributed by atoms with E-state index >= 15 is 0 Å². The Balaban J connectivity index is 1.65. The number of nitrogens with one attached hydrogen (secondary N) is 1. The van der Waals surface area contributed by atoms with Crippen molar-refractivity contribution in [2.45, 2.75) is 24.3 Å². The maximum Gasteiger partial charge on any atom is 0.337 e. The fraction of sp³-hybridized carbons (Fsp3) is 0.318. The van der Waals surface area contributed by atoms with Crippen LogP contribution >= 0.6 is 0 Å². The van der Waals surface area contributed by atoms with E-state index in [2.05, 4.69) is 5.32 Å². The highest BCUT2D eigenvalue weighted by Gasteiger charge is 2.44. The molecular formula is C22H24N2O8S. The zero-order chi connectivity index (χ0) is 24.2. The van der Waals surface area contributed by atoms with Crippen molar-refractivity contribution in [3.05, 3.63) is 59.7 Å². The molecule has 1 amide bonds. The smallest absolute Gasteiger partial charge is 0.337 e. The Hall–Kier alpha value is -3.28. The molecule has 0 fully saturated rings. The summed E-state index contributed by atoms with van der Waals surface area (Å²) in [5.41, 5.74) is 7.26. The molecule has 1 atom stereocenters. The van der Waals surface area contributed by atoms with E-state index in [-0.39, 0.29) is 19.1 Å². The van der Waals surface area contributed by atoms with Crippen LogP contribution in [0, 0.1) is 0 Å². The third-order valence-electron chi connectivity index (χ3n) is 5.52. The molecule has 11 heteroatoms. The van der Waals surface area contributed by atoms with Gasteiger partial charge in [-0.15, -0.1) is 0 Å². The zero-order valence-electron chi connectivity index (χ0n) is 17.6. The molecule has 10 nitrogen and oxygen atoms in total. The first kappa shape index (κ1) is 24.4. The number of ether oxygens (including phenoxy) is 1. The van der Waals surface area contributed by atoms with Crippen molar-refractivity contribution in [2.24, 2.45) is 5.73 Å². The maximum atomic E-state index is 12.7. The van der Waals surface area contributed by atoms with Crippen molar-refractivity contribution in [1.29, 1.82) is 0 Å². The number of benzene rings is 2. The highest BCUT2D eigenvalue weighted by atomic mass is 32.2. The number of amides is 1. The van der Waals surface area contributed by atoms with Gasteiger partial charge < -0.3 is 20.9 Å². The first-order chi connectivity index (χ1) is 15.5. The molecule has 176 valence electrons. The fourth-order valence-corrected chi connectivity index (χ4v) is 4.10. The minimum Gasteiger partial charge on any atom is -0.479 e. The van der Waals surface area contributed by atoms with Crippen LogP contribution < -0.4 is 11.1 Å². The number of esters is 1. The Bertz CT molecular complexity index is 1130. The van der Waals surface area contributed by atoms with E-state index < -0.39 is 52.1 Å². The molecular weight excluding hydrogens is 452 g/mol. The van der Waals surface area contributed by atoms with Crippen molar-refractivity contribution in [3.63, 3.8) is 0 Å². The molecule has 0 bridgehead atoms. The lowest BCUT2D eigenvalue weighted by Crippen LogP contribution is -2.56. The molecule has 0 aromatic heterocycles. The number of rotatable bonds is 10. The van der Waals surface area contributed by atoms with Crippen LogP contribution in [0.5, 0.6) is 0 Å². The minimum atomic E-state index is -4.26. The van der Waals surface area contributed by atoms with Gasteiger partial charge in [0.1, 0.15) is 6.61 Å². The SMILES string of the molecule is N[C@@](CCC(=O)NCCS(=O)(=O)O)(C(=O)O)C(=O)OCC1c2ccccc2-c2ccccc21. The lowest BCUT2D eigenvalue weighted by Gasteiger charge is -2.24. The number of nitrogens with two attached hydrogens (primary N) is 1. The van der Waals surface area contributed by atoms with Crippen molar-refractivity contribution in [3.8, 4) is 11.1 Å². The summed E-state index contributed by atoms with van der Waals surface area (Å²) in [4.78, 5) is 36.3. The van der Waals surface area contributed by atoms with Crippen LogP contribution in [0.15, 0.2) is 48.5 Å². The molecule has 0 heterocycles. The van der Waals surface area contributed by atoms with Crippen molar-refractivity contribution >= 4 is 28.0 Å². The Kier molecular flexibility index (Phi) is 7.15. The lowest BCUT2D eigenvalue weighted by molar-refractivity contribution is -0.161. The van der Waals surface area contributed by atoms with E-state index in [0.29, 0.717) is 0 Å². The summed E-state index contributed by atoms with van der Waals surface area (Å²) >= 11 is 0. The predicted molar refractivity (Wildman–Crippen MR) is 118 cm³/mol. The number of carboxylic acids is 1. The molecule has 0 saturated carbocycles. The predicted octanol–water partition coefficient (Wildman–Crippen LogP) is 0.908. The fourth-order valence-electron chi connectivity index (χ4n) is 3.74. The quantitative estimate of drug-likeness (QED) is 0.221. The summed E-state index contributed by atoms with van der Waals surface area (Å²) in [7, 11) is -4.26. The van der Waals surface area contributed by atoms with E-state index in [1.807, 2.05) is 48.5 Å². The topological polar surface area (TPSA) is 173 Å².